The number of carbonyl (C=O) groups excluding carboxylic acids is 2. The van der Waals surface area contributed by atoms with Crippen LogP contribution < -0.4 is 14.4 Å². The van der Waals surface area contributed by atoms with Crippen molar-refractivity contribution in [2.45, 2.75) is 33.6 Å². The molecule has 3 aromatic carbocycles. The van der Waals surface area contributed by atoms with E-state index in [2.05, 4.69) is 65.1 Å². The minimum atomic E-state index is -0.331. The highest BCUT2D eigenvalue weighted by Crippen LogP contribution is 2.39. The van der Waals surface area contributed by atoms with Gasteiger partial charge in [0, 0.05) is 18.1 Å². The molecule has 1 aliphatic rings. The SMILES string of the molecule is C=CCOc1c(C)cc(C(c2ccc(N3C(=O)C=CC3=O)cc2)c2cc(C)c(OCC=C)c(C)c2)cc1C. The molecule has 0 fully saturated rings. The van der Waals surface area contributed by atoms with Crippen LogP contribution in [0.15, 0.2) is 86.0 Å². The van der Waals surface area contributed by atoms with Gasteiger partial charge in [0.25, 0.3) is 11.8 Å². The summed E-state index contributed by atoms with van der Waals surface area (Å²) >= 11 is 0. The van der Waals surface area contributed by atoms with Crippen LogP contribution in [0.2, 0.25) is 0 Å². The molecule has 0 unspecified atom stereocenters. The summed E-state index contributed by atoms with van der Waals surface area (Å²) in [6, 6.07) is 16.3. The third-order valence-corrected chi connectivity index (χ3v) is 6.62. The van der Waals surface area contributed by atoms with Crippen LogP contribution in [-0.4, -0.2) is 25.0 Å². The maximum atomic E-state index is 12.2. The first-order chi connectivity index (χ1) is 18.2. The smallest absolute Gasteiger partial charge is 0.258 e. The lowest BCUT2D eigenvalue weighted by Crippen LogP contribution is -2.29. The van der Waals surface area contributed by atoms with Crippen molar-refractivity contribution in [1.29, 1.82) is 0 Å². The zero-order chi connectivity index (χ0) is 27.4. The summed E-state index contributed by atoms with van der Waals surface area (Å²) in [4.78, 5) is 25.6. The van der Waals surface area contributed by atoms with Crippen LogP contribution in [0.25, 0.3) is 0 Å². The van der Waals surface area contributed by atoms with E-state index in [-0.39, 0.29) is 17.7 Å². The summed E-state index contributed by atoms with van der Waals surface area (Å²) in [6.07, 6.45) is 6.07. The lowest BCUT2D eigenvalue weighted by molar-refractivity contribution is -0.119. The van der Waals surface area contributed by atoms with Crippen molar-refractivity contribution in [3.05, 3.63) is 125 Å². The van der Waals surface area contributed by atoms with E-state index >= 15 is 0 Å². The molecule has 2 amide bonds. The van der Waals surface area contributed by atoms with Gasteiger partial charge in [-0.05, 0) is 78.8 Å². The van der Waals surface area contributed by atoms with Gasteiger partial charge < -0.3 is 9.47 Å². The topological polar surface area (TPSA) is 55.8 Å². The molecule has 1 aliphatic heterocycles. The van der Waals surface area contributed by atoms with Crippen molar-refractivity contribution < 1.29 is 19.1 Å². The molecular formula is C33H33NO4. The van der Waals surface area contributed by atoms with Gasteiger partial charge in [0.2, 0.25) is 0 Å². The van der Waals surface area contributed by atoms with Crippen molar-refractivity contribution >= 4 is 17.5 Å². The van der Waals surface area contributed by atoms with Crippen molar-refractivity contribution in [2.75, 3.05) is 18.1 Å². The fourth-order valence-electron chi connectivity index (χ4n) is 5.09. The molecule has 0 aromatic heterocycles. The van der Waals surface area contributed by atoms with E-state index in [1.807, 2.05) is 24.3 Å². The summed E-state index contributed by atoms with van der Waals surface area (Å²) in [5.74, 6) is 0.969. The van der Waals surface area contributed by atoms with Crippen LogP contribution in [0.4, 0.5) is 5.69 Å². The van der Waals surface area contributed by atoms with Gasteiger partial charge in [-0.25, -0.2) is 4.90 Å². The van der Waals surface area contributed by atoms with Crippen molar-refractivity contribution in [2.24, 2.45) is 0 Å². The van der Waals surface area contributed by atoms with Gasteiger partial charge in [0.1, 0.15) is 24.7 Å². The van der Waals surface area contributed by atoms with Crippen LogP contribution in [0.3, 0.4) is 0 Å². The summed E-state index contributed by atoms with van der Waals surface area (Å²) in [5, 5.41) is 0. The Labute approximate surface area is 224 Å². The number of hydrogen-bond acceptors (Lipinski definition) is 4. The first-order valence-corrected chi connectivity index (χ1v) is 12.6. The molecule has 3 aromatic rings. The second-order valence-corrected chi connectivity index (χ2v) is 9.54. The molecule has 38 heavy (non-hydrogen) atoms. The highest BCUT2D eigenvalue weighted by molar-refractivity contribution is 6.28. The highest BCUT2D eigenvalue weighted by Gasteiger charge is 2.26. The van der Waals surface area contributed by atoms with E-state index in [0.29, 0.717) is 18.9 Å². The van der Waals surface area contributed by atoms with Gasteiger partial charge in [0.05, 0.1) is 5.69 Å². The normalized spacial score (nSPS) is 12.8. The van der Waals surface area contributed by atoms with Crippen LogP contribution in [0.1, 0.15) is 44.9 Å². The molecule has 0 saturated carbocycles. The van der Waals surface area contributed by atoms with Crippen LogP contribution >= 0.6 is 0 Å². The molecule has 0 spiro atoms. The monoisotopic (exact) mass is 507 g/mol. The molecule has 0 aliphatic carbocycles. The molecule has 5 heteroatoms. The third-order valence-electron chi connectivity index (χ3n) is 6.62. The zero-order valence-corrected chi connectivity index (χ0v) is 22.4. The molecule has 0 atom stereocenters. The predicted octanol–water partition coefficient (Wildman–Crippen LogP) is 6.66. The third kappa shape index (κ3) is 5.32. The second-order valence-electron chi connectivity index (χ2n) is 9.54. The van der Waals surface area contributed by atoms with E-state index in [0.717, 1.165) is 50.4 Å². The number of ether oxygens (including phenoxy) is 2. The van der Waals surface area contributed by atoms with Gasteiger partial charge >= 0.3 is 0 Å². The molecule has 194 valence electrons. The summed E-state index contributed by atoms with van der Waals surface area (Å²) in [5.41, 5.74) is 8.00. The summed E-state index contributed by atoms with van der Waals surface area (Å²) in [7, 11) is 0. The molecular weight excluding hydrogens is 474 g/mol. The Morgan fingerprint density at radius 3 is 1.45 bits per heavy atom. The number of aryl methyl sites for hydroxylation is 4. The number of anilines is 1. The fourth-order valence-corrected chi connectivity index (χ4v) is 5.09. The standard InChI is InChI=1S/C33H33NO4/c1-7-15-37-32-21(3)17-26(18-22(32)4)31(27-19-23(5)33(24(6)20-27)38-16-8-2)25-9-11-28(12-10-25)34-29(35)13-14-30(34)36/h7-14,17-20,31H,1-2,15-16H2,3-6H3. The lowest BCUT2D eigenvalue weighted by atomic mass is 9.82. The lowest BCUT2D eigenvalue weighted by Gasteiger charge is -2.24. The van der Waals surface area contributed by atoms with Gasteiger partial charge in [0.15, 0.2) is 0 Å². The Bertz CT molecular complexity index is 1300. The Morgan fingerprint density at radius 1 is 0.684 bits per heavy atom. The van der Waals surface area contributed by atoms with E-state index in [1.165, 1.54) is 17.1 Å². The number of imide groups is 1. The maximum absolute atomic E-state index is 12.2. The van der Waals surface area contributed by atoms with Crippen molar-refractivity contribution in [1.82, 2.24) is 0 Å². The van der Waals surface area contributed by atoms with E-state index in [9.17, 15) is 9.59 Å². The molecule has 0 N–H and O–H groups in total. The second kappa shape index (κ2) is 11.3. The zero-order valence-electron chi connectivity index (χ0n) is 22.4. The minimum absolute atomic E-state index is 0.0936. The van der Waals surface area contributed by atoms with Crippen molar-refractivity contribution in [3.63, 3.8) is 0 Å². The number of amides is 2. The largest absolute Gasteiger partial charge is 0.489 e. The van der Waals surface area contributed by atoms with E-state index in [1.54, 1.807) is 12.2 Å². The average Bonchev–Trinajstić information content (AvgIpc) is 3.21. The molecule has 4 rings (SSSR count). The first-order valence-electron chi connectivity index (χ1n) is 12.6. The summed E-state index contributed by atoms with van der Waals surface area (Å²) < 4.78 is 11.9. The number of rotatable bonds is 10. The van der Waals surface area contributed by atoms with Crippen molar-refractivity contribution in [3.8, 4) is 11.5 Å². The number of nitrogens with zero attached hydrogens (tertiary/aromatic N) is 1. The maximum Gasteiger partial charge on any atom is 0.258 e. The fraction of sp³-hybridized carbons (Fsp3) is 0.212. The Balaban J connectivity index is 1.82. The quantitative estimate of drug-likeness (QED) is 0.175. The van der Waals surface area contributed by atoms with Gasteiger partial charge in [-0.2, -0.15) is 0 Å². The Morgan fingerprint density at radius 2 is 1.08 bits per heavy atom. The number of benzene rings is 3. The molecule has 1 heterocycles. The summed E-state index contributed by atoms with van der Waals surface area (Å²) in [6.45, 7) is 16.6. The Kier molecular flexibility index (Phi) is 7.96. The van der Waals surface area contributed by atoms with E-state index in [4.69, 9.17) is 9.47 Å². The highest BCUT2D eigenvalue weighted by atomic mass is 16.5. The molecule has 0 bridgehead atoms. The van der Waals surface area contributed by atoms with Gasteiger partial charge in [-0.15, -0.1) is 0 Å². The van der Waals surface area contributed by atoms with Crippen LogP contribution in [0.5, 0.6) is 11.5 Å². The first kappa shape index (κ1) is 26.7. The van der Waals surface area contributed by atoms with Gasteiger partial charge in [-0.3, -0.25) is 9.59 Å². The van der Waals surface area contributed by atoms with Gasteiger partial charge in [-0.1, -0.05) is 61.7 Å². The number of carbonyl (C=O) groups is 2. The Hall–Kier alpha value is -4.38. The molecule has 0 saturated heterocycles. The molecule has 0 radical (unpaired) electrons. The predicted molar refractivity (Wildman–Crippen MR) is 152 cm³/mol. The molecule has 5 nitrogen and oxygen atoms in total. The van der Waals surface area contributed by atoms with Crippen LogP contribution in [-0.2, 0) is 9.59 Å². The van der Waals surface area contributed by atoms with E-state index < -0.39 is 0 Å². The number of hydrogen-bond donors (Lipinski definition) is 0. The van der Waals surface area contributed by atoms with Crippen LogP contribution in [0, 0.1) is 27.7 Å². The average molecular weight is 508 g/mol. The minimum Gasteiger partial charge on any atom is -0.489 e.